The first-order valence-electron chi connectivity index (χ1n) is 7.88. The first-order chi connectivity index (χ1) is 11.5. The molecule has 0 atom stereocenters. The summed E-state index contributed by atoms with van der Waals surface area (Å²) in [4.78, 5) is 15.4. The van der Waals surface area contributed by atoms with Gasteiger partial charge >= 0.3 is 0 Å². The Kier molecular flexibility index (Phi) is 5.00. The third kappa shape index (κ3) is 3.84. The highest BCUT2D eigenvalue weighted by atomic mass is 32.2. The van der Waals surface area contributed by atoms with E-state index in [0.717, 1.165) is 6.42 Å². The number of aryl methyl sites for hydroxylation is 1. The molecule has 0 radical (unpaired) electrons. The summed E-state index contributed by atoms with van der Waals surface area (Å²) >= 11 is 1.71. The SMILES string of the molecule is CCn1cnnc1CS(=O)(=O)CCC(=O)N1CCc2sccc2C1. The van der Waals surface area contributed by atoms with E-state index in [1.807, 2.05) is 18.4 Å². The van der Waals surface area contributed by atoms with Crippen LogP contribution in [0.4, 0.5) is 0 Å². The third-order valence-electron chi connectivity index (χ3n) is 4.17. The minimum atomic E-state index is -3.39. The summed E-state index contributed by atoms with van der Waals surface area (Å²) in [5.41, 5.74) is 1.18. The molecule has 2 aromatic heterocycles. The number of carbonyl (C=O) groups is 1. The standard InChI is InChI=1S/C15H20N4O3S2/c1-2-18-11-16-17-14(18)10-24(21,22)8-5-15(20)19-6-3-13-12(9-19)4-7-23-13/h4,7,11H,2-3,5-6,8-10H2,1H3. The fraction of sp³-hybridized carbons (Fsp3) is 0.533. The molecule has 7 nitrogen and oxygen atoms in total. The Bertz CT molecular complexity index is 825. The summed E-state index contributed by atoms with van der Waals surface area (Å²) in [6, 6.07) is 2.04. The van der Waals surface area contributed by atoms with Crippen LogP contribution in [0.5, 0.6) is 0 Å². The molecule has 1 aliphatic rings. The van der Waals surface area contributed by atoms with Crippen LogP contribution in [0.25, 0.3) is 0 Å². The summed E-state index contributed by atoms with van der Waals surface area (Å²) in [5.74, 6) is -0.0173. The first-order valence-corrected chi connectivity index (χ1v) is 10.6. The van der Waals surface area contributed by atoms with E-state index in [0.29, 0.717) is 25.5 Å². The van der Waals surface area contributed by atoms with Gasteiger partial charge in [-0.2, -0.15) is 0 Å². The largest absolute Gasteiger partial charge is 0.338 e. The quantitative estimate of drug-likeness (QED) is 0.766. The van der Waals surface area contributed by atoms with Crippen molar-refractivity contribution in [1.82, 2.24) is 19.7 Å². The van der Waals surface area contributed by atoms with Gasteiger partial charge in [-0.1, -0.05) is 0 Å². The van der Waals surface area contributed by atoms with E-state index in [1.54, 1.807) is 20.8 Å². The number of rotatable bonds is 6. The molecular formula is C15H20N4O3S2. The maximum atomic E-state index is 12.3. The molecule has 2 aromatic rings. The number of fused-ring (bicyclic) bond motifs is 1. The number of amides is 1. The lowest BCUT2D eigenvalue weighted by Gasteiger charge is -2.27. The van der Waals surface area contributed by atoms with Crippen molar-refractivity contribution in [2.75, 3.05) is 12.3 Å². The molecular weight excluding hydrogens is 348 g/mol. The van der Waals surface area contributed by atoms with Crippen LogP contribution < -0.4 is 0 Å². The zero-order chi connectivity index (χ0) is 17.2. The number of sulfone groups is 1. The van der Waals surface area contributed by atoms with Crippen LogP contribution in [-0.2, 0) is 39.9 Å². The fourth-order valence-corrected chi connectivity index (χ4v) is 4.92. The van der Waals surface area contributed by atoms with E-state index in [4.69, 9.17) is 0 Å². The maximum absolute atomic E-state index is 12.3. The molecule has 0 saturated carbocycles. The molecule has 3 heterocycles. The number of aromatic nitrogens is 3. The molecule has 0 fully saturated rings. The molecule has 130 valence electrons. The lowest BCUT2D eigenvalue weighted by atomic mass is 10.1. The van der Waals surface area contributed by atoms with E-state index in [1.165, 1.54) is 16.8 Å². The summed E-state index contributed by atoms with van der Waals surface area (Å²) < 4.78 is 26.2. The van der Waals surface area contributed by atoms with Gasteiger partial charge in [0, 0.05) is 30.9 Å². The Morgan fingerprint density at radius 2 is 2.25 bits per heavy atom. The molecule has 0 saturated heterocycles. The molecule has 0 unspecified atom stereocenters. The second kappa shape index (κ2) is 7.02. The van der Waals surface area contributed by atoms with Crippen LogP contribution in [0.1, 0.15) is 29.6 Å². The number of nitrogens with zero attached hydrogens (tertiary/aromatic N) is 4. The molecule has 0 N–H and O–H groups in total. The fourth-order valence-electron chi connectivity index (χ4n) is 2.79. The molecule has 1 aliphatic heterocycles. The smallest absolute Gasteiger partial charge is 0.223 e. The normalized spacial score (nSPS) is 14.6. The summed E-state index contributed by atoms with van der Waals surface area (Å²) in [5, 5.41) is 9.62. The Balaban J connectivity index is 1.56. The lowest BCUT2D eigenvalue weighted by Crippen LogP contribution is -2.36. The number of hydrogen-bond donors (Lipinski definition) is 0. The highest BCUT2D eigenvalue weighted by Gasteiger charge is 2.24. The number of carbonyl (C=O) groups excluding carboxylic acids is 1. The molecule has 0 spiro atoms. The third-order valence-corrected chi connectivity index (χ3v) is 6.72. The molecule has 1 amide bonds. The van der Waals surface area contributed by atoms with Gasteiger partial charge in [0.1, 0.15) is 17.9 Å². The van der Waals surface area contributed by atoms with Crippen molar-refractivity contribution in [1.29, 1.82) is 0 Å². The Morgan fingerprint density at radius 1 is 1.42 bits per heavy atom. The predicted molar refractivity (Wildman–Crippen MR) is 91.2 cm³/mol. The van der Waals surface area contributed by atoms with E-state index in [-0.39, 0.29) is 23.8 Å². The first kappa shape index (κ1) is 17.1. The van der Waals surface area contributed by atoms with Crippen LogP contribution in [0.15, 0.2) is 17.8 Å². The van der Waals surface area contributed by atoms with Gasteiger partial charge in [0.25, 0.3) is 0 Å². The minimum absolute atomic E-state index is 0.0159. The van der Waals surface area contributed by atoms with Crippen molar-refractivity contribution in [2.45, 2.75) is 38.6 Å². The zero-order valence-electron chi connectivity index (χ0n) is 13.5. The highest BCUT2D eigenvalue weighted by molar-refractivity contribution is 7.90. The second-order valence-corrected chi connectivity index (χ2v) is 8.99. The van der Waals surface area contributed by atoms with Crippen molar-refractivity contribution in [3.63, 3.8) is 0 Å². The summed E-state index contributed by atoms with van der Waals surface area (Å²) in [6.45, 7) is 3.77. The van der Waals surface area contributed by atoms with Crippen LogP contribution in [-0.4, -0.2) is 46.3 Å². The Labute approximate surface area is 145 Å². The van der Waals surface area contributed by atoms with E-state index < -0.39 is 9.84 Å². The van der Waals surface area contributed by atoms with E-state index in [2.05, 4.69) is 10.2 Å². The monoisotopic (exact) mass is 368 g/mol. The van der Waals surface area contributed by atoms with Gasteiger partial charge in [-0.05, 0) is 30.4 Å². The second-order valence-electron chi connectivity index (χ2n) is 5.81. The van der Waals surface area contributed by atoms with Crippen LogP contribution in [0.2, 0.25) is 0 Å². The lowest BCUT2D eigenvalue weighted by molar-refractivity contribution is -0.131. The van der Waals surface area contributed by atoms with Crippen molar-refractivity contribution in [2.24, 2.45) is 0 Å². The molecule has 0 aromatic carbocycles. The van der Waals surface area contributed by atoms with Gasteiger partial charge in [0.2, 0.25) is 5.91 Å². The molecule has 0 aliphatic carbocycles. The predicted octanol–water partition coefficient (Wildman–Crippen LogP) is 1.25. The van der Waals surface area contributed by atoms with Crippen molar-refractivity contribution in [3.05, 3.63) is 34.0 Å². The van der Waals surface area contributed by atoms with Gasteiger partial charge in [-0.15, -0.1) is 21.5 Å². The van der Waals surface area contributed by atoms with Crippen molar-refractivity contribution < 1.29 is 13.2 Å². The Hall–Kier alpha value is -1.74. The maximum Gasteiger partial charge on any atom is 0.223 e. The van der Waals surface area contributed by atoms with Crippen LogP contribution >= 0.6 is 11.3 Å². The van der Waals surface area contributed by atoms with Crippen molar-refractivity contribution in [3.8, 4) is 0 Å². The molecule has 0 bridgehead atoms. The summed E-state index contributed by atoms with van der Waals surface area (Å²) in [6.07, 6.45) is 2.38. The van der Waals surface area contributed by atoms with Crippen LogP contribution in [0, 0.1) is 0 Å². The number of hydrogen-bond acceptors (Lipinski definition) is 6. The number of thiophene rings is 1. The molecule has 3 rings (SSSR count). The average Bonchev–Trinajstić information content (AvgIpc) is 3.20. The van der Waals surface area contributed by atoms with Gasteiger partial charge in [0.05, 0.1) is 5.75 Å². The van der Waals surface area contributed by atoms with Gasteiger partial charge in [-0.25, -0.2) is 8.42 Å². The van der Waals surface area contributed by atoms with E-state index >= 15 is 0 Å². The highest BCUT2D eigenvalue weighted by Crippen LogP contribution is 2.24. The van der Waals surface area contributed by atoms with Gasteiger partial charge in [0.15, 0.2) is 9.84 Å². The molecule has 24 heavy (non-hydrogen) atoms. The topological polar surface area (TPSA) is 85.2 Å². The van der Waals surface area contributed by atoms with Crippen LogP contribution in [0.3, 0.4) is 0 Å². The minimum Gasteiger partial charge on any atom is -0.338 e. The molecule has 9 heteroatoms. The van der Waals surface area contributed by atoms with E-state index in [9.17, 15) is 13.2 Å². The van der Waals surface area contributed by atoms with Gasteiger partial charge in [-0.3, -0.25) is 4.79 Å². The Morgan fingerprint density at radius 3 is 3.04 bits per heavy atom. The zero-order valence-corrected chi connectivity index (χ0v) is 15.1. The average molecular weight is 368 g/mol. The summed E-state index contributed by atoms with van der Waals surface area (Å²) in [7, 11) is -3.39. The van der Waals surface area contributed by atoms with Gasteiger partial charge < -0.3 is 9.47 Å². The van der Waals surface area contributed by atoms with Crippen molar-refractivity contribution >= 4 is 27.1 Å².